The number of ether oxygens (including phenoxy) is 2. The predicted molar refractivity (Wildman–Crippen MR) is 140 cm³/mol. The van der Waals surface area contributed by atoms with Crippen molar-refractivity contribution >= 4 is 45.6 Å². The fraction of sp³-hybridized carbons (Fsp3) is 0.500. The van der Waals surface area contributed by atoms with E-state index in [4.69, 9.17) is 26.1 Å². The Balaban J connectivity index is 1.24. The van der Waals surface area contributed by atoms with E-state index in [1.54, 1.807) is 17.8 Å². The predicted octanol–water partition coefficient (Wildman–Crippen LogP) is 4.07. The van der Waals surface area contributed by atoms with Crippen LogP contribution in [-0.2, 0) is 11.8 Å². The second-order valence-electron chi connectivity index (χ2n) is 10.4. The molecule has 2 saturated heterocycles. The minimum Gasteiger partial charge on any atom is -0.486 e. The van der Waals surface area contributed by atoms with Gasteiger partial charge in [0.25, 0.3) is 5.56 Å². The van der Waals surface area contributed by atoms with E-state index in [9.17, 15) is 4.79 Å². The van der Waals surface area contributed by atoms with Gasteiger partial charge in [0.05, 0.1) is 36.2 Å². The van der Waals surface area contributed by atoms with Crippen LogP contribution in [0.2, 0.25) is 5.02 Å². The van der Waals surface area contributed by atoms with Crippen molar-refractivity contribution in [1.82, 2.24) is 14.5 Å². The molecule has 9 nitrogen and oxygen atoms in total. The summed E-state index contributed by atoms with van der Waals surface area (Å²) in [7, 11) is 1.79. The van der Waals surface area contributed by atoms with Crippen molar-refractivity contribution in [2.45, 2.75) is 50.4 Å². The van der Waals surface area contributed by atoms with E-state index >= 15 is 0 Å². The normalized spacial score (nSPS) is 25.2. The summed E-state index contributed by atoms with van der Waals surface area (Å²) in [5, 5.41) is 8.43. The highest BCUT2D eigenvalue weighted by Crippen LogP contribution is 2.41. The Morgan fingerprint density at radius 1 is 1.14 bits per heavy atom. The van der Waals surface area contributed by atoms with E-state index in [0.29, 0.717) is 41.1 Å². The minimum atomic E-state index is -0.120. The number of aryl methyl sites for hydroxylation is 1. The maximum atomic E-state index is 13.1. The molecule has 2 unspecified atom stereocenters. The van der Waals surface area contributed by atoms with E-state index in [2.05, 4.69) is 20.5 Å². The molecule has 3 fully saturated rings. The van der Waals surface area contributed by atoms with Gasteiger partial charge in [-0.15, -0.1) is 0 Å². The Bertz CT molecular complexity index is 1390. The zero-order valence-electron chi connectivity index (χ0n) is 20.2. The van der Waals surface area contributed by atoms with E-state index < -0.39 is 0 Å². The van der Waals surface area contributed by atoms with Gasteiger partial charge in [-0.2, -0.15) is 4.98 Å². The zero-order valence-corrected chi connectivity index (χ0v) is 20.9. The maximum Gasteiger partial charge on any atom is 0.295 e. The molecule has 188 valence electrons. The van der Waals surface area contributed by atoms with Gasteiger partial charge in [0.15, 0.2) is 5.82 Å². The standard InChI is InChI=1S/C26H29ClN6O3/c1-32-21-7-4-15(10-18(21)22-23(25(32)34)35-9-8-20(30-22)14-2-3-14)29-24-19(27)11-28-26(31-24)33-12-16-5-6-17(13-33)36-16/h4,7,10-11,14,16-17,20,30H,2-3,5-6,8-9,12-13H2,1H3,(H,28,29,31)/t16?,17?,20-/m1/s1. The average molecular weight is 509 g/mol. The van der Waals surface area contributed by atoms with Crippen LogP contribution >= 0.6 is 11.6 Å². The van der Waals surface area contributed by atoms with Crippen LogP contribution in [0.3, 0.4) is 0 Å². The highest BCUT2D eigenvalue weighted by molar-refractivity contribution is 6.32. The summed E-state index contributed by atoms with van der Waals surface area (Å²) < 4.78 is 13.6. The first-order valence-electron chi connectivity index (χ1n) is 12.8. The first-order chi connectivity index (χ1) is 17.5. The molecule has 4 aliphatic rings. The molecule has 36 heavy (non-hydrogen) atoms. The van der Waals surface area contributed by atoms with E-state index in [1.165, 1.54) is 12.8 Å². The Morgan fingerprint density at radius 2 is 1.94 bits per heavy atom. The highest BCUT2D eigenvalue weighted by atomic mass is 35.5. The molecule has 2 N–H and O–H groups in total. The van der Waals surface area contributed by atoms with Gasteiger partial charge in [-0.3, -0.25) is 4.79 Å². The second kappa shape index (κ2) is 8.52. The number of benzene rings is 1. The third kappa shape index (κ3) is 3.85. The minimum absolute atomic E-state index is 0.120. The third-order valence-corrected chi connectivity index (χ3v) is 8.15. The summed E-state index contributed by atoms with van der Waals surface area (Å²) in [4.78, 5) is 24.5. The van der Waals surface area contributed by atoms with Crippen LogP contribution in [0.25, 0.3) is 10.9 Å². The monoisotopic (exact) mass is 508 g/mol. The number of halogens is 1. The van der Waals surface area contributed by atoms with Crippen LogP contribution < -0.4 is 25.8 Å². The van der Waals surface area contributed by atoms with Gasteiger partial charge < -0.3 is 29.6 Å². The van der Waals surface area contributed by atoms with Gasteiger partial charge in [-0.25, -0.2) is 4.98 Å². The lowest BCUT2D eigenvalue weighted by molar-refractivity contribution is 0.0299. The molecule has 5 heterocycles. The van der Waals surface area contributed by atoms with Crippen LogP contribution in [0.1, 0.15) is 32.1 Å². The summed E-state index contributed by atoms with van der Waals surface area (Å²) in [5.41, 5.74) is 2.33. The number of nitrogens with one attached hydrogen (secondary N) is 2. The lowest BCUT2D eigenvalue weighted by Gasteiger charge is -2.32. The molecule has 3 aliphatic heterocycles. The molecule has 1 aliphatic carbocycles. The molecule has 10 heteroatoms. The lowest BCUT2D eigenvalue weighted by Crippen LogP contribution is -2.43. The molecule has 1 aromatic carbocycles. The van der Waals surface area contributed by atoms with E-state index in [0.717, 1.165) is 54.6 Å². The Morgan fingerprint density at radius 3 is 2.72 bits per heavy atom. The number of fused-ring (bicyclic) bond motifs is 5. The number of morpholine rings is 1. The zero-order chi connectivity index (χ0) is 24.4. The number of nitrogens with zero attached hydrogens (tertiary/aromatic N) is 4. The molecular formula is C26H29ClN6O3. The highest BCUT2D eigenvalue weighted by Gasteiger charge is 2.35. The quantitative estimate of drug-likeness (QED) is 0.545. The van der Waals surface area contributed by atoms with Crippen LogP contribution in [0, 0.1) is 5.92 Å². The fourth-order valence-corrected chi connectivity index (χ4v) is 5.92. The summed E-state index contributed by atoms with van der Waals surface area (Å²) in [6.45, 7) is 2.13. The SMILES string of the molecule is Cn1c(=O)c2c(c3cc(Nc4nc(N5CC6CCC(C5)O6)ncc4Cl)ccc31)N[C@@H](C1CC1)CCO2. The molecule has 0 spiro atoms. The van der Waals surface area contributed by atoms with Gasteiger partial charge in [0.1, 0.15) is 5.02 Å². The van der Waals surface area contributed by atoms with Gasteiger partial charge in [-0.05, 0) is 49.8 Å². The molecule has 0 amide bonds. The number of hydrogen-bond donors (Lipinski definition) is 2. The molecule has 1 saturated carbocycles. The molecule has 0 radical (unpaired) electrons. The van der Waals surface area contributed by atoms with Crippen LogP contribution in [-0.4, -0.2) is 52.5 Å². The van der Waals surface area contributed by atoms with Crippen molar-refractivity contribution in [3.8, 4) is 5.75 Å². The van der Waals surface area contributed by atoms with Crippen molar-refractivity contribution in [2.75, 3.05) is 35.2 Å². The van der Waals surface area contributed by atoms with Crippen molar-refractivity contribution in [3.05, 3.63) is 39.8 Å². The molecule has 3 atom stereocenters. The molecule has 2 aromatic heterocycles. The van der Waals surface area contributed by atoms with Crippen molar-refractivity contribution in [3.63, 3.8) is 0 Å². The van der Waals surface area contributed by atoms with Crippen molar-refractivity contribution in [2.24, 2.45) is 13.0 Å². The summed E-state index contributed by atoms with van der Waals surface area (Å²) >= 11 is 6.51. The summed E-state index contributed by atoms with van der Waals surface area (Å²) in [6.07, 6.45) is 7.66. The van der Waals surface area contributed by atoms with Gasteiger partial charge in [0.2, 0.25) is 11.7 Å². The van der Waals surface area contributed by atoms with E-state index in [-0.39, 0.29) is 17.8 Å². The third-order valence-electron chi connectivity index (χ3n) is 7.87. The number of aromatic nitrogens is 3. The largest absolute Gasteiger partial charge is 0.486 e. The first kappa shape index (κ1) is 22.2. The van der Waals surface area contributed by atoms with Gasteiger partial charge >= 0.3 is 0 Å². The van der Waals surface area contributed by atoms with E-state index in [1.807, 2.05) is 18.2 Å². The van der Waals surface area contributed by atoms with Crippen LogP contribution in [0.15, 0.2) is 29.2 Å². The van der Waals surface area contributed by atoms with Gasteiger partial charge in [-0.1, -0.05) is 11.6 Å². The number of anilines is 4. The number of pyridine rings is 1. The topological polar surface area (TPSA) is 93.5 Å². The molecule has 7 rings (SSSR count). The van der Waals surface area contributed by atoms with Gasteiger partial charge in [0, 0.05) is 43.7 Å². The van der Waals surface area contributed by atoms with Crippen molar-refractivity contribution in [1.29, 1.82) is 0 Å². The maximum absolute atomic E-state index is 13.1. The smallest absolute Gasteiger partial charge is 0.295 e. The molecule has 2 bridgehead atoms. The lowest BCUT2D eigenvalue weighted by atomic mass is 10.1. The Kier molecular flexibility index (Phi) is 5.25. The van der Waals surface area contributed by atoms with Crippen molar-refractivity contribution < 1.29 is 9.47 Å². The van der Waals surface area contributed by atoms with Crippen LogP contribution in [0.5, 0.6) is 5.75 Å². The molecule has 3 aromatic rings. The average Bonchev–Trinajstić information content (AvgIpc) is 3.70. The summed E-state index contributed by atoms with van der Waals surface area (Å²) in [6, 6.07) is 6.25. The Hall–Kier alpha value is -3.04. The fourth-order valence-electron chi connectivity index (χ4n) is 5.79. The Labute approximate surface area is 213 Å². The van der Waals surface area contributed by atoms with Crippen LogP contribution in [0.4, 0.5) is 23.1 Å². The summed E-state index contributed by atoms with van der Waals surface area (Å²) in [5.74, 6) is 2.25. The number of rotatable bonds is 4. The number of hydrogen-bond acceptors (Lipinski definition) is 8. The molecular weight excluding hydrogens is 480 g/mol. The second-order valence-corrected chi connectivity index (χ2v) is 10.8. The first-order valence-corrected chi connectivity index (χ1v) is 13.2.